The van der Waals surface area contributed by atoms with Crippen LogP contribution in [0.1, 0.15) is 36.8 Å². The normalized spacial score (nSPS) is 15.0. The van der Waals surface area contributed by atoms with Gasteiger partial charge in [0.15, 0.2) is 11.5 Å². The van der Waals surface area contributed by atoms with E-state index in [-0.39, 0.29) is 6.10 Å². The fourth-order valence-corrected chi connectivity index (χ4v) is 3.25. The summed E-state index contributed by atoms with van der Waals surface area (Å²) in [5.41, 5.74) is 2.24. The van der Waals surface area contributed by atoms with Crippen molar-refractivity contribution in [3.63, 3.8) is 0 Å². The molecule has 1 fully saturated rings. The lowest BCUT2D eigenvalue weighted by atomic mass is 10.0. The van der Waals surface area contributed by atoms with Crippen molar-refractivity contribution in [2.24, 2.45) is 0 Å². The summed E-state index contributed by atoms with van der Waals surface area (Å²) in [6.45, 7) is 0. The predicted molar refractivity (Wildman–Crippen MR) is 101 cm³/mol. The molecule has 25 heavy (non-hydrogen) atoms. The second-order valence-electron chi connectivity index (χ2n) is 6.11. The number of benzene rings is 2. The molecule has 0 spiro atoms. The van der Waals surface area contributed by atoms with Crippen molar-refractivity contribution in [1.29, 1.82) is 5.26 Å². The van der Waals surface area contributed by atoms with Crippen molar-refractivity contribution in [1.82, 2.24) is 0 Å². The Morgan fingerprint density at radius 2 is 1.96 bits per heavy atom. The highest BCUT2D eigenvalue weighted by molar-refractivity contribution is 6.30. The summed E-state index contributed by atoms with van der Waals surface area (Å²) >= 11 is 6.04. The largest absolute Gasteiger partial charge is 0.493 e. The molecule has 0 unspecified atom stereocenters. The van der Waals surface area contributed by atoms with E-state index in [4.69, 9.17) is 21.1 Å². The van der Waals surface area contributed by atoms with Crippen LogP contribution in [0, 0.1) is 11.3 Å². The summed E-state index contributed by atoms with van der Waals surface area (Å²) in [5.74, 6) is 1.44. The van der Waals surface area contributed by atoms with Gasteiger partial charge in [-0.25, -0.2) is 0 Å². The maximum absolute atomic E-state index is 9.51. The average Bonchev–Trinajstić information content (AvgIpc) is 3.13. The molecule has 2 aromatic rings. The molecule has 0 heterocycles. The molecule has 0 aromatic heterocycles. The highest BCUT2D eigenvalue weighted by Gasteiger charge is 2.18. The van der Waals surface area contributed by atoms with Gasteiger partial charge >= 0.3 is 0 Å². The van der Waals surface area contributed by atoms with Crippen LogP contribution in [0.4, 0.5) is 0 Å². The van der Waals surface area contributed by atoms with Crippen LogP contribution in [0.25, 0.3) is 11.6 Å². The minimum atomic E-state index is 0.247. The van der Waals surface area contributed by atoms with Gasteiger partial charge in [-0.2, -0.15) is 5.26 Å². The fourth-order valence-electron chi connectivity index (χ4n) is 3.06. The average molecular weight is 354 g/mol. The quantitative estimate of drug-likeness (QED) is 0.509. The van der Waals surface area contributed by atoms with Crippen molar-refractivity contribution in [2.75, 3.05) is 7.11 Å². The first-order chi connectivity index (χ1) is 12.2. The number of halogens is 1. The first kappa shape index (κ1) is 17.4. The second-order valence-corrected chi connectivity index (χ2v) is 6.55. The summed E-state index contributed by atoms with van der Waals surface area (Å²) in [6, 6.07) is 15.3. The van der Waals surface area contributed by atoms with Crippen LogP contribution in [0.3, 0.4) is 0 Å². The maximum Gasteiger partial charge on any atom is 0.162 e. The third-order valence-electron chi connectivity index (χ3n) is 4.35. The zero-order chi connectivity index (χ0) is 17.6. The third-order valence-corrected chi connectivity index (χ3v) is 4.59. The van der Waals surface area contributed by atoms with E-state index in [2.05, 4.69) is 6.07 Å². The van der Waals surface area contributed by atoms with Crippen molar-refractivity contribution in [3.05, 3.63) is 58.6 Å². The molecule has 1 aliphatic rings. The van der Waals surface area contributed by atoms with Crippen molar-refractivity contribution in [3.8, 4) is 17.6 Å². The molecule has 128 valence electrons. The molecule has 0 atom stereocenters. The van der Waals surface area contributed by atoms with Crippen molar-refractivity contribution >= 4 is 23.3 Å². The minimum Gasteiger partial charge on any atom is -0.493 e. The summed E-state index contributed by atoms with van der Waals surface area (Å²) in [5, 5.41) is 10.1. The smallest absolute Gasteiger partial charge is 0.162 e. The summed E-state index contributed by atoms with van der Waals surface area (Å²) in [6.07, 6.45) is 6.66. The summed E-state index contributed by atoms with van der Waals surface area (Å²) in [4.78, 5) is 0. The topological polar surface area (TPSA) is 42.2 Å². The van der Waals surface area contributed by atoms with E-state index in [1.165, 1.54) is 12.8 Å². The molecule has 3 nitrogen and oxygen atoms in total. The molecule has 3 rings (SSSR count). The molecule has 0 bridgehead atoms. The van der Waals surface area contributed by atoms with Crippen molar-refractivity contribution in [2.45, 2.75) is 31.8 Å². The Morgan fingerprint density at radius 3 is 2.64 bits per heavy atom. The molecule has 0 amide bonds. The number of nitriles is 1. The van der Waals surface area contributed by atoms with Crippen LogP contribution in [-0.2, 0) is 0 Å². The first-order valence-electron chi connectivity index (χ1n) is 8.42. The van der Waals surface area contributed by atoms with Crippen LogP contribution in [-0.4, -0.2) is 13.2 Å². The zero-order valence-corrected chi connectivity index (χ0v) is 14.9. The number of methoxy groups -OCH3 is 1. The van der Waals surface area contributed by atoms with Crippen molar-refractivity contribution < 1.29 is 9.47 Å². The van der Waals surface area contributed by atoms with Gasteiger partial charge in [-0.3, -0.25) is 0 Å². The Balaban J connectivity index is 1.91. The number of hydrogen-bond acceptors (Lipinski definition) is 3. The highest BCUT2D eigenvalue weighted by atomic mass is 35.5. The van der Waals surface area contributed by atoms with Crippen LogP contribution in [0.5, 0.6) is 11.5 Å². The summed E-state index contributed by atoms with van der Waals surface area (Å²) < 4.78 is 11.5. The van der Waals surface area contributed by atoms with E-state index in [1.807, 2.05) is 36.4 Å². The number of allylic oxidation sites excluding steroid dienone is 1. The molecule has 0 radical (unpaired) electrons. The molecular formula is C21H20ClNO2. The molecule has 0 aliphatic heterocycles. The van der Waals surface area contributed by atoms with E-state index in [0.717, 1.165) is 29.7 Å². The standard InChI is InChI=1S/C21H20ClNO2/c1-24-20-10-9-15(12-21(20)25-19-7-2-3-8-19)11-17(14-23)16-5-4-6-18(22)13-16/h4-6,9-13,19H,2-3,7-8H2,1H3. The lowest BCUT2D eigenvalue weighted by molar-refractivity contribution is 0.201. The van der Waals surface area contributed by atoms with Gasteiger partial charge in [-0.05, 0) is 67.2 Å². The molecular weight excluding hydrogens is 334 g/mol. The van der Waals surface area contributed by atoms with Gasteiger partial charge < -0.3 is 9.47 Å². The van der Waals surface area contributed by atoms with Gasteiger partial charge in [0.25, 0.3) is 0 Å². The van der Waals surface area contributed by atoms with E-state index in [0.29, 0.717) is 16.3 Å². The molecule has 0 saturated heterocycles. The van der Waals surface area contributed by atoms with Crippen LogP contribution >= 0.6 is 11.6 Å². The molecule has 2 aromatic carbocycles. The Morgan fingerprint density at radius 1 is 1.16 bits per heavy atom. The second kappa shape index (κ2) is 8.09. The summed E-state index contributed by atoms with van der Waals surface area (Å²) in [7, 11) is 1.64. The van der Waals surface area contributed by atoms with Gasteiger partial charge in [-0.15, -0.1) is 0 Å². The number of ether oxygens (including phenoxy) is 2. The Bertz CT molecular complexity index is 817. The third kappa shape index (κ3) is 4.35. The predicted octanol–water partition coefficient (Wildman–Crippen LogP) is 5.73. The molecule has 1 aliphatic carbocycles. The SMILES string of the molecule is COc1ccc(C=C(C#N)c2cccc(Cl)c2)cc1OC1CCCC1. The van der Waals surface area contributed by atoms with E-state index < -0.39 is 0 Å². The zero-order valence-electron chi connectivity index (χ0n) is 14.2. The van der Waals surface area contributed by atoms with Gasteiger partial charge in [0, 0.05) is 5.02 Å². The fraction of sp³-hybridized carbons (Fsp3) is 0.286. The first-order valence-corrected chi connectivity index (χ1v) is 8.80. The Kier molecular flexibility index (Phi) is 5.63. The number of rotatable bonds is 5. The van der Waals surface area contributed by atoms with Crippen LogP contribution in [0.2, 0.25) is 5.02 Å². The molecule has 1 saturated carbocycles. The van der Waals surface area contributed by atoms with Gasteiger partial charge in [0.2, 0.25) is 0 Å². The minimum absolute atomic E-state index is 0.247. The molecule has 4 heteroatoms. The van der Waals surface area contributed by atoms with Crippen LogP contribution < -0.4 is 9.47 Å². The Hall–Kier alpha value is -2.44. The number of hydrogen-bond donors (Lipinski definition) is 0. The maximum atomic E-state index is 9.51. The van der Waals surface area contributed by atoms with Gasteiger partial charge in [0.05, 0.1) is 24.9 Å². The lowest BCUT2D eigenvalue weighted by Gasteiger charge is -2.16. The monoisotopic (exact) mass is 353 g/mol. The van der Waals surface area contributed by atoms with Gasteiger partial charge in [0.1, 0.15) is 0 Å². The molecule has 0 N–H and O–H groups in total. The Labute approximate surface area is 153 Å². The van der Waals surface area contributed by atoms with E-state index >= 15 is 0 Å². The van der Waals surface area contributed by atoms with E-state index in [9.17, 15) is 5.26 Å². The lowest BCUT2D eigenvalue weighted by Crippen LogP contribution is -2.11. The van der Waals surface area contributed by atoms with Crippen LogP contribution in [0.15, 0.2) is 42.5 Å². The van der Waals surface area contributed by atoms with E-state index in [1.54, 1.807) is 19.2 Å². The van der Waals surface area contributed by atoms with Gasteiger partial charge in [-0.1, -0.05) is 29.8 Å². The highest BCUT2D eigenvalue weighted by Crippen LogP contribution is 2.33. The number of nitrogens with zero attached hydrogens (tertiary/aromatic N) is 1.